The Labute approximate surface area is 143 Å². The van der Waals surface area contributed by atoms with Gasteiger partial charge >= 0.3 is 6.03 Å². The summed E-state index contributed by atoms with van der Waals surface area (Å²) in [6.45, 7) is 4.92. The summed E-state index contributed by atoms with van der Waals surface area (Å²) in [5.41, 5.74) is 1.11. The Hall–Kier alpha value is -1.66. The maximum atomic E-state index is 12.9. The third-order valence-corrected chi connectivity index (χ3v) is 4.46. The fraction of sp³-hybridized carbons (Fsp3) is 0.611. The summed E-state index contributed by atoms with van der Waals surface area (Å²) in [6.07, 6.45) is 2.02. The van der Waals surface area contributed by atoms with E-state index in [-0.39, 0.29) is 17.9 Å². The first-order valence-electron chi connectivity index (χ1n) is 8.60. The Balaban J connectivity index is 1.70. The summed E-state index contributed by atoms with van der Waals surface area (Å²) >= 11 is 0. The van der Waals surface area contributed by atoms with Crippen LogP contribution < -0.4 is 5.32 Å². The highest BCUT2D eigenvalue weighted by atomic mass is 19.1. The molecule has 1 fully saturated rings. The first kappa shape index (κ1) is 18.7. The molecule has 2 N–H and O–H groups in total. The molecule has 1 aliphatic heterocycles. The Bertz CT molecular complexity index is 514. The average molecular weight is 337 g/mol. The van der Waals surface area contributed by atoms with E-state index in [1.54, 1.807) is 18.9 Å². The maximum Gasteiger partial charge on any atom is 0.317 e. The fourth-order valence-electron chi connectivity index (χ4n) is 2.85. The van der Waals surface area contributed by atoms with Gasteiger partial charge in [0.25, 0.3) is 0 Å². The number of piperidine rings is 1. The highest BCUT2D eigenvalue weighted by Crippen LogP contribution is 2.14. The second-order valence-corrected chi connectivity index (χ2v) is 6.69. The van der Waals surface area contributed by atoms with Crippen LogP contribution in [0.25, 0.3) is 0 Å². The van der Waals surface area contributed by atoms with Crippen LogP contribution in [0.5, 0.6) is 0 Å². The first-order chi connectivity index (χ1) is 11.4. The van der Waals surface area contributed by atoms with Crippen molar-refractivity contribution < 1.29 is 14.3 Å². The third-order valence-electron chi connectivity index (χ3n) is 4.46. The van der Waals surface area contributed by atoms with Crippen molar-refractivity contribution in [1.29, 1.82) is 0 Å². The molecule has 0 aliphatic carbocycles. The van der Waals surface area contributed by atoms with E-state index in [0.29, 0.717) is 13.0 Å². The molecule has 6 heteroatoms. The lowest BCUT2D eigenvalue weighted by atomic mass is 10.0. The van der Waals surface area contributed by atoms with Crippen LogP contribution >= 0.6 is 0 Å². The highest BCUT2D eigenvalue weighted by Gasteiger charge is 2.22. The van der Waals surface area contributed by atoms with E-state index < -0.39 is 6.10 Å². The zero-order valence-electron chi connectivity index (χ0n) is 14.5. The van der Waals surface area contributed by atoms with E-state index in [9.17, 15) is 14.3 Å². The Morgan fingerprint density at radius 2 is 2.00 bits per heavy atom. The molecule has 0 spiro atoms. The van der Waals surface area contributed by atoms with E-state index in [4.69, 9.17) is 0 Å². The molecule has 5 nitrogen and oxygen atoms in total. The smallest absolute Gasteiger partial charge is 0.317 e. The van der Waals surface area contributed by atoms with Gasteiger partial charge in [-0.2, -0.15) is 0 Å². The number of amides is 2. The summed E-state index contributed by atoms with van der Waals surface area (Å²) < 4.78 is 12.9. The van der Waals surface area contributed by atoms with Gasteiger partial charge in [-0.15, -0.1) is 0 Å². The molecule has 1 aromatic carbocycles. The Kier molecular flexibility index (Phi) is 6.99. The summed E-state index contributed by atoms with van der Waals surface area (Å²) in [5, 5.41) is 12.3. The van der Waals surface area contributed by atoms with Gasteiger partial charge in [0, 0.05) is 39.3 Å². The van der Waals surface area contributed by atoms with Crippen LogP contribution in [0.2, 0.25) is 0 Å². The SMILES string of the molecule is CC(O)CCN(C)C(=O)NC1CCN(Cc2ccc(F)cc2)CC1. The third kappa shape index (κ3) is 6.09. The van der Waals surface area contributed by atoms with Crippen LogP contribution in [0.15, 0.2) is 24.3 Å². The predicted molar refractivity (Wildman–Crippen MR) is 92.2 cm³/mol. The maximum absolute atomic E-state index is 12.9. The van der Waals surface area contributed by atoms with Crippen LogP contribution in [0.1, 0.15) is 31.7 Å². The Morgan fingerprint density at radius 1 is 1.38 bits per heavy atom. The monoisotopic (exact) mass is 337 g/mol. The van der Waals surface area contributed by atoms with Crippen molar-refractivity contribution in [2.75, 3.05) is 26.7 Å². The van der Waals surface area contributed by atoms with Crippen LogP contribution in [0.3, 0.4) is 0 Å². The second-order valence-electron chi connectivity index (χ2n) is 6.69. The molecule has 1 atom stereocenters. The fourth-order valence-corrected chi connectivity index (χ4v) is 2.85. The zero-order valence-corrected chi connectivity index (χ0v) is 14.5. The molecule has 0 saturated carbocycles. The van der Waals surface area contributed by atoms with Gasteiger partial charge < -0.3 is 15.3 Å². The number of aliphatic hydroxyl groups excluding tert-OH is 1. The number of nitrogens with one attached hydrogen (secondary N) is 1. The van der Waals surface area contributed by atoms with Crippen molar-refractivity contribution in [3.05, 3.63) is 35.6 Å². The lowest BCUT2D eigenvalue weighted by molar-refractivity contribution is 0.155. The van der Waals surface area contributed by atoms with Gasteiger partial charge in [0.2, 0.25) is 0 Å². The Morgan fingerprint density at radius 3 is 2.58 bits per heavy atom. The minimum Gasteiger partial charge on any atom is -0.393 e. The average Bonchev–Trinajstić information content (AvgIpc) is 2.56. The zero-order chi connectivity index (χ0) is 17.5. The van der Waals surface area contributed by atoms with Gasteiger partial charge in [-0.1, -0.05) is 12.1 Å². The highest BCUT2D eigenvalue weighted by molar-refractivity contribution is 5.74. The minimum atomic E-state index is -0.394. The molecule has 0 radical (unpaired) electrons. The van der Waals surface area contributed by atoms with E-state index in [1.165, 1.54) is 12.1 Å². The number of hydrogen-bond acceptors (Lipinski definition) is 3. The summed E-state index contributed by atoms with van der Waals surface area (Å²) in [4.78, 5) is 16.1. The molecule has 24 heavy (non-hydrogen) atoms. The topological polar surface area (TPSA) is 55.8 Å². The number of hydrogen-bond donors (Lipinski definition) is 2. The lowest BCUT2D eigenvalue weighted by Gasteiger charge is -2.33. The van der Waals surface area contributed by atoms with Crippen LogP contribution in [-0.2, 0) is 6.54 Å². The number of halogens is 1. The van der Waals surface area contributed by atoms with Crippen molar-refractivity contribution in [3.63, 3.8) is 0 Å². The van der Waals surface area contributed by atoms with E-state index in [1.807, 2.05) is 12.1 Å². The normalized spacial score (nSPS) is 17.5. The molecular weight excluding hydrogens is 309 g/mol. The number of aliphatic hydroxyl groups is 1. The van der Waals surface area contributed by atoms with Crippen LogP contribution in [0, 0.1) is 5.82 Å². The van der Waals surface area contributed by atoms with Crippen molar-refractivity contribution >= 4 is 6.03 Å². The van der Waals surface area contributed by atoms with E-state index in [2.05, 4.69) is 10.2 Å². The largest absolute Gasteiger partial charge is 0.393 e. The quantitative estimate of drug-likeness (QED) is 0.837. The molecule has 1 aromatic rings. The van der Waals surface area contributed by atoms with Gasteiger partial charge in [0.05, 0.1) is 6.10 Å². The molecule has 134 valence electrons. The molecular formula is C18H28FN3O2. The van der Waals surface area contributed by atoms with Gasteiger partial charge in [-0.05, 0) is 43.9 Å². The second kappa shape index (κ2) is 8.99. The van der Waals surface area contributed by atoms with Crippen molar-refractivity contribution in [1.82, 2.24) is 15.1 Å². The number of carbonyl (C=O) groups excluding carboxylic acids is 1. The first-order valence-corrected chi connectivity index (χ1v) is 8.60. The van der Waals surface area contributed by atoms with Crippen molar-refractivity contribution in [3.8, 4) is 0 Å². The molecule has 1 aliphatic rings. The minimum absolute atomic E-state index is 0.0763. The molecule has 1 unspecified atom stereocenters. The predicted octanol–water partition coefficient (Wildman–Crippen LogP) is 2.20. The van der Waals surface area contributed by atoms with E-state index in [0.717, 1.165) is 38.0 Å². The van der Waals surface area contributed by atoms with Gasteiger partial charge in [0.15, 0.2) is 0 Å². The summed E-state index contributed by atoms with van der Waals surface area (Å²) in [6, 6.07) is 6.74. The molecule has 2 rings (SSSR count). The van der Waals surface area contributed by atoms with Gasteiger partial charge in [-0.25, -0.2) is 9.18 Å². The van der Waals surface area contributed by atoms with Crippen LogP contribution in [-0.4, -0.2) is 59.8 Å². The standard InChI is InChI=1S/C18H28FN3O2/c1-14(23)7-10-21(2)18(24)20-17-8-11-22(12-9-17)13-15-3-5-16(19)6-4-15/h3-6,14,17,23H,7-13H2,1-2H3,(H,20,24). The number of likely N-dealkylation sites (tertiary alicyclic amines) is 1. The number of benzene rings is 1. The molecule has 1 heterocycles. The summed E-state index contributed by atoms with van der Waals surface area (Å²) in [5.74, 6) is -0.208. The number of rotatable bonds is 6. The van der Waals surface area contributed by atoms with Gasteiger partial charge in [-0.3, -0.25) is 4.90 Å². The van der Waals surface area contributed by atoms with Crippen molar-refractivity contribution in [2.45, 2.75) is 44.9 Å². The van der Waals surface area contributed by atoms with E-state index >= 15 is 0 Å². The number of nitrogens with zero attached hydrogens (tertiary/aromatic N) is 2. The van der Waals surface area contributed by atoms with Gasteiger partial charge in [0.1, 0.15) is 5.82 Å². The van der Waals surface area contributed by atoms with Crippen molar-refractivity contribution in [2.24, 2.45) is 0 Å². The molecule has 0 aromatic heterocycles. The molecule has 0 bridgehead atoms. The lowest BCUT2D eigenvalue weighted by Crippen LogP contribution is -2.48. The number of carbonyl (C=O) groups is 1. The number of urea groups is 1. The molecule has 2 amide bonds. The molecule has 1 saturated heterocycles. The van der Waals surface area contributed by atoms with Crippen LogP contribution in [0.4, 0.5) is 9.18 Å². The summed E-state index contributed by atoms with van der Waals surface area (Å²) in [7, 11) is 1.75.